The van der Waals surface area contributed by atoms with Crippen LogP contribution in [0, 0.1) is 0 Å². The molecule has 0 fully saturated rings. The molecule has 18 heavy (non-hydrogen) atoms. The van der Waals surface area contributed by atoms with Gasteiger partial charge in [-0.3, -0.25) is 9.78 Å². The minimum Gasteiger partial charge on any atom is -0.444 e. The van der Waals surface area contributed by atoms with Gasteiger partial charge in [0.2, 0.25) is 0 Å². The molecule has 0 aromatic carbocycles. The normalized spacial score (nSPS) is 10.8. The Morgan fingerprint density at radius 2 is 2.11 bits per heavy atom. The van der Waals surface area contributed by atoms with Crippen LogP contribution in [0.5, 0.6) is 0 Å². The van der Waals surface area contributed by atoms with Gasteiger partial charge in [0.15, 0.2) is 5.78 Å². The highest BCUT2D eigenvalue weighted by Crippen LogP contribution is 2.06. The van der Waals surface area contributed by atoms with Crippen LogP contribution in [-0.2, 0) is 16.0 Å². The van der Waals surface area contributed by atoms with Crippen LogP contribution in [0.15, 0.2) is 24.5 Å². The molecular weight excluding hydrogens is 232 g/mol. The van der Waals surface area contributed by atoms with Gasteiger partial charge in [-0.15, -0.1) is 0 Å². The number of ketones is 1. The fourth-order valence-corrected chi connectivity index (χ4v) is 1.28. The zero-order valence-corrected chi connectivity index (χ0v) is 10.9. The lowest BCUT2D eigenvalue weighted by molar-refractivity contribution is -0.117. The van der Waals surface area contributed by atoms with Crippen LogP contribution in [0.25, 0.3) is 0 Å². The van der Waals surface area contributed by atoms with E-state index in [0.29, 0.717) is 0 Å². The molecule has 1 aromatic heterocycles. The van der Waals surface area contributed by atoms with Crippen molar-refractivity contribution in [3.05, 3.63) is 30.1 Å². The number of ether oxygens (including phenoxy) is 1. The summed E-state index contributed by atoms with van der Waals surface area (Å²) in [6, 6.07) is 3.59. The molecule has 1 rings (SSSR count). The number of rotatable bonds is 4. The summed E-state index contributed by atoms with van der Waals surface area (Å²) in [4.78, 5) is 26.8. The van der Waals surface area contributed by atoms with Gasteiger partial charge in [0.1, 0.15) is 5.60 Å². The number of alkyl carbamates (subject to hydrolysis) is 1. The highest BCUT2D eigenvalue weighted by atomic mass is 16.6. The van der Waals surface area contributed by atoms with Crippen molar-refractivity contribution in [2.45, 2.75) is 32.8 Å². The van der Waals surface area contributed by atoms with Crippen LogP contribution in [-0.4, -0.2) is 29.0 Å². The summed E-state index contributed by atoms with van der Waals surface area (Å²) in [5.41, 5.74) is 0.268. The summed E-state index contributed by atoms with van der Waals surface area (Å²) in [5, 5.41) is 2.43. The van der Waals surface area contributed by atoms with E-state index in [4.69, 9.17) is 4.74 Å². The standard InChI is InChI=1S/C13H18N2O3/c1-13(2,3)18-12(17)15-9-11(16)7-10-5-4-6-14-8-10/h4-6,8H,7,9H2,1-3H3,(H,15,17). The topological polar surface area (TPSA) is 68.3 Å². The highest BCUT2D eigenvalue weighted by molar-refractivity contribution is 5.85. The van der Waals surface area contributed by atoms with Crippen molar-refractivity contribution < 1.29 is 14.3 Å². The van der Waals surface area contributed by atoms with Crippen molar-refractivity contribution in [1.29, 1.82) is 0 Å². The first-order valence-electron chi connectivity index (χ1n) is 5.74. The molecule has 1 aromatic rings. The van der Waals surface area contributed by atoms with E-state index in [1.807, 2.05) is 6.07 Å². The number of nitrogens with one attached hydrogen (secondary N) is 1. The van der Waals surface area contributed by atoms with Crippen molar-refractivity contribution in [3.8, 4) is 0 Å². The Morgan fingerprint density at radius 3 is 2.67 bits per heavy atom. The monoisotopic (exact) mass is 250 g/mol. The molecule has 98 valence electrons. The Balaban J connectivity index is 2.32. The summed E-state index contributed by atoms with van der Waals surface area (Å²) in [5.74, 6) is -0.0890. The number of hydrogen-bond donors (Lipinski definition) is 1. The Bertz CT molecular complexity index is 410. The summed E-state index contributed by atoms with van der Waals surface area (Å²) in [7, 11) is 0. The molecule has 5 nitrogen and oxygen atoms in total. The minimum absolute atomic E-state index is 0.0379. The molecule has 0 aliphatic rings. The second-order valence-corrected chi connectivity index (χ2v) is 4.93. The van der Waals surface area contributed by atoms with Crippen molar-refractivity contribution in [2.75, 3.05) is 6.54 Å². The average Bonchev–Trinajstić information content (AvgIpc) is 2.25. The molecule has 1 amide bonds. The molecule has 1 N–H and O–H groups in total. The average molecular weight is 250 g/mol. The molecule has 0 unspecified atom stereocenters. The van der Waals surface area contributed by atoms with Crippen LogP contribution < -0.4 is 5.32 Å². The second kappa shape index (κ2) is 6.14. The number of aromatic nitrogens is 1. The smallest absolute Gasteiger partial charge is 0.408 e. The van der Waals surface area contributed by atoms with Crippen molar-refractivity contribution >= 4 is 11.9 Å². The van der Waals surface area contributed by atoms with E-state index in [1.54, 1.807) is 39.2 Å². The molecule has 0 saturated heterocycles. The molecule has 0 aliphatic carbocycles. The van der Waals surface area contributed by atoms with Crippen molar-refractivity contribution in [1.82, 2.24) is 10.3 Å². The largest absolute Gasteiger partial charge is 0.444 e. The SMILES string of the molecule is CC(C)(C)OC(=O)NCC(=O)Cc1cccnc1. The molecule has 1 heterocycles. The fraction of sp³-hybridized carbons (Fsp3) is 0.462. The van der Waals surface area contributed by atoms with Gasteiger partial charge >= 0.3 is 6.09 Å². The Labute approximate surface area is 107 Å². The van der Waals surface area contributed by atoms with Crippen LogP contribution in [0.4, 0.5) is 4.79 Å². The van der Waals surface area contributed by atoms with Gasteiger partial charge in [-0.25, -0.2) is 4.79 Å². The van der Waals surface area contributed by atoms with E-state index < -0.39 is 11.7 Å². The summed E-state index contributed by atoms with van der Waals surface area (Å²) < 4.78 is 5.02. The third kappa shape index (κ3) is 5.98. The summed E-state index contributed by atoms with van der Waals surface area (Å²) >= 11 is 0. The number of nitrogens with zero attached hydrogens (tertiary/aromatic N) is 1. The highest BCUT2D eigenvalue weighted by Gasteiger charge is 2.16. The maximum atomic E-state index is 11.6. The van der Waals surface area contributed by atoms with Crippen molar-refractivity contribution in [2.24, 2.45) is 0 Å². The van der Waals surface area contributed by atoms with Crippen LogP contribution in [0.1, 0.15) is 26.3 Å². The molecule has 0 radical (unpaired) electrons. The third-order valence-corrected chi connectivity index (χ3v) is 1.95. The molecule has 0 spiro atoms. The van der Waals surface area contributed by atoms with Gasteiger partial charge < -0.3 is 10.1 Å². The number of Topliss-reactive ketones (excluding diaryl/α,β-unsaturated/α-hetero) is 1. The minimum atomic E-state index is -0.581. The summed E-state index contributed by atoms with van der Waals surface area (Å²) in [6.07, 6.45) is 2.95. The Morgan fingerprint density at radius 1 is 1.39 bits per heavy atom. The first-order chi connectivity index (χ1) is 8.37. The number of hydrogen-bond acceptors (Lipinski definition) is 4. The van der Waals surface area contributed by atoms with E-state index in [1.165, 1.54) is 0 Å². The third-order valence-electron chi connectivity index (χ3n) is 1.95. The quantitative estimate of drug-likeness (QED) is 0.883. The molecule has 0 saturated carbocycles. The predicted octanol–water partition coefficient (Wildman–Crippen LogP) is 1.72. The first kappa shape index (κ1) is 14.2. The van der Waals surface area contributed by atoms with Gasteiger partial charge in [0, 0.05) is 18.8 Å². The number of amides is 1. The fourth-order valence-electron chi connectivity index (χ4n) is 1.28. The maximum Gasteiger partial charge on any atom is 0.408 e. The lowest BCUT2D eigenvalue weighted by Gasteiger charge is -2.19. The van der Waals surface area contributed by atoms with Gasteiger partial charge in [-0.2, -0.15) is 0 Å². The van der Waals surface area contributed by atoms with Crippen molar-refractivity contribution in [3.63, 3.8) is 0 Å². The van der Waals surface area contributed by atoms with Gasteiger partial charge in [0.05, 0.1) is 6.54 Å². The predicted molar refractivity (Wildman–Crippen MR) is 67.2 cm³/mol. The van der Waals surface area contributed by atoms with Gasteiger partial charge in [-0.05, 0) is 32.4 Å². The molecule has 0 atom stereocenters. The molecule has 0 aliphatic heterocycles. The van der Waals surface area contributed by atoms with Crippen LogP contribution in [0.3, 0.4) is 0 Å². The van der Waals surface area contributed by atoms with Crippen LogP contribution >= 0.6 is 0 Å². The maximum absolute atomic E-state index is 11.6. The molecular formula is C13H18N2O3. The lowest BCUT2D eigenvalue weighted by Crippen LogP contribution is -2.35. The first-order valence-corrected chi connectivity index (χ1v) is 5.74. The Hall–Kier alpha value is -1.91. The van der Waals surface area contributed by atoms with E-state index >= 15 is 0 Å². The van der Waals surface area contributed by atoms with Crippen LogP contribution in [0.2, 0.25) is 0 Å². The van der Waals surface area contributed by atoms with E-state index in [0.717, 1.165) is 5.56 Å². The van der Waals surface area contributed by atoms with E-state index in [-0.39, 0.29) is 18.7 Å². The zero-order valence-electron chi connectivity index (χ0n) is 10.9. The number of carbonyl (C=O) groups excluding carboxylic acids is 2. The van der Waals surface area contributed by atoms with Gasteiger partial charge in [-0.1, -0.05) is 6.07 Å². The molecule has 5 heteroatoms. The second-order valence-electron chi connectivity index (χ2n) is 4.93. The zero-order chi connectivity index (χ0) is 13.6. The van der Waals surface area contributed by atoms with E-state index in [9.17, 15) is 9.59 Å². The Kier molecular flexibility index (Phi) is 4.83. The summed E-state index contributed by atoms with van der Waals surface area (Å²) in [6.45, 7) is 5.27. The van der Waals surface area contributed by atoms with Gasteiger partial charge in [0.25, 0.3) is 0 Å². The number of pyridine rings is 1. The van der Waals surface area contributed by atoms with E-state index in [2.05, 4.69) is 10.3 Å². The lowest BCUT2D eigenvalue weighted by atomic mass is 10.1. The number of carbonyl (C=O) groups is 2. The molecule has 0 bridgehead atoms.